The Labute approximate surface area is 115 Å². The van der Waals surface area contributed by atoms with Gasteiger partial charge in [0.2, 0.25) is 0 Å². The molecule has 1 aliphatic rings. The number of hydrogen-bond donors (Lipinski definition) is 2. The predicted octanol–water partition coefficient (Wildman–Crippen LogP) is 2.51. The number of likely N-dealkylation sites (N-methyl/N-ethyl adjacent to an activating group) is 1. The SMILES string of the molecule is CNCCc1ccccc1C(=O)NC1(C)CCCC1. The summed E-state index contributed by atoms with van der Waals surface area (Å²) >= 11 is 0. The van der Waals surface area contributed by atoms with Crippen LogP contribution in [0.15, 0.2) is 24.3 Å². The molecule has 0 heterocycles. The molecular formula is C16H24N2O. The van der Waals surface area contributed by atoms with Crippen LogP contribution in [0.3, 0.4) is 0 Å². The van der Waals surface area contributed by atoms with E-state index in [9.17, 15) is 4.79 Å². The molecule has 1 amide bonds. The van der Waals surface area contributed by atoms with E-state index in [1.54, 1.807) is 0 Å². The van der Waals surface area contributed by atoms with Crippen LogP contribution in [0, 0.1) is 0 Å². The highest BCUT2D eigenvalue weighted by Gasteiger charge is 2.30. The lowest BCUT2D eigenvalue weighted by molar-refractivity contribution is 0.0907. The Morgan fingerprint density at radius 3 is 2.63 bits per heavy atom. The Kier molecular flexibility index (Phi) is 4.59. The van der Waals surface area contributed by atoms with Gasteiger partial charge in [0.15, 0.2) is 0 Å². The van der Waals surface area contributed by atoms with Crippen molar-refractivity contribution < 1.29 is 4.79 Å². The molecule has 1 fully saturated rings. The van der Waals surface area contributed by atoms with Gasteiger partial charge in [0, 0.05) is 11.1 Å². The van der Waals surface area contributed by atoms with Gasteiger partial charge in [-0.15, -0.1) is 0 Å². The van der Waals surface area contributed by atoms with Crippen molar-refractivity contribution in [3.05, 3.63) is 35.4 Å². The van der Waals surface area contributed by atoms with E-state index in [0.717, 1.165) is 36.9 Å². The Hall–Kier alpha value is -1.35. The third kappa shape index (κ3) is 3.57. The third-order valence-corrected chi connectivity index (χ3v) is 4.03. The minimum atomic E-state index is -0.00674. The molecule has 3 heteroatoms. The van der Waals surface area contributed by atoms with E-state index in [1.165, 1.54) is 12.8 Å². The van der Waals surface area contributed by atoms with Gasteiger partial charge < -0.3 is 10.6 Å². The summed E-state index contributed by atoms with van der Waals surface area (Å²) in [6.45, 7) is 3.05. The summed E-state index contributed by atoms with van der Waals surface area (Å²) in [7, 11) is 1.93. The van der Waals surface area contributed by atoms with Crippen molar-refractivity contribution >= 4 is 5.91 Å². The molecule has 0 bridgehead atoms. The molecule has 0 aliphatic heterocycles. The van der Waals surface area contributed by atoms with Crippen molar-refractivity contribution in [2.24, 2.45) is 0 Å². The van der Waals surface area contributed by atoms with Gasteiger partial charge in [-0.1, -0.05) is 31.0 Å². The summed E-state index contributed by atoms with van der Waals surface area (Å²) in [6, 6.07) is 7.91. The van der Waals surface area contributed by atoms with E-state index >= 15 is 0 Å². The van der Waals surface area contributed by atoms with E-state index in [-0.39, 0.29) is 11.4 Å². The fourth-order valence-corrected chi connectivity index (χ4v) is 2.84. The van der Waals surface area contributed by atoms with E-state index in [4.69, 9.17) is 0 Å². The van der Waals surface area contributed by atoms with Gasteiger partial charge >= 0.3 is 0 Å². The predicted molar refractivity (Wildman–Crippen MR) is 78.4 cm³/mol. The third-order valence-electron chi connectivity index (χ3n) is 4.03. The zero-order chi connectivity index (χ0) is 13.7. The van der Waals surface area contributed by atoms with Gasteiger partial charge in [0.1, 0.15) is 0 Å². The lowest BCUT2D eigenvalue weighted by Gasteiger charge is -2.26. The molecule has 0 aromatic heterocycles. The number of amides is 1. The fraction of sp³-hybridized carbons (Fsp3) is 0.562. The number of rotatable bonds is 5. The minimum absolute atomic E-state index is 0.00674. The van der Waals surface area contributed by atoms with Crippen LogP contribution in [0.5, 0.6) is 0 Å². The van der Waals surface area contributed by atoms with Crippen LogP contribution in [0.1, 0.15) is 48.5 Å². The summed E-state index contributed by atoms with van der Waals surface area (Å²) in [5, 5.41) is 6.36. The average molecular weight is 260 g/mol. The van der Waals surface area contributed by atoms with Crippen molar-refractivity contribution in [2.45, 2.75) is 44.6 Å². The summed E-state index contributed by atoms with van der Waals surface area (Å²) in [5.74, 6) is 0.0797. The van der Waals surface area contributed by atoms with E-state index in [2.05, 4.69) is 17.6 Å². The van der Waals surface area contributed by atoms with Crippen molar-refractivity contribution in [3.8, 4) is 0 Å². The van der Waals surface area contributed by atoms with Crippen molar-refractivity contribution in [3.63, 3.8) is 0 Å². The fourth-order valence-electron chi connectivity index (χ4n) is 2.84. The molecule has 104 valence electrons. The van der Waals surface area contributed by atoms with Gasteiger partial charge in [0.25, 0.3) is 5.91 Å². The molecule has 0 atom stereocenters. The first-order valence-corrected chi connectivity index (χ1v) is 7.20. The first kappa shape index (κ1) is 14.1. The van der Waals surface area contributed by atoms with Crippen molar-refractivity contribution in [2.75, 3.05) is 13.6 Å². The van der Waals surface area contributed by atoms with E-state index in [1.807, 2.05) is 31.3 Å². The second-order valence-electron chi connectivity index (χ2n) is 5.73. The Bertz CT molecular complexity index is 436. The van der Waals surface area contributed by atoms with Gasteiger partial charge in [-0.3, -0.25) is 4.79 Å². The quantitative estimate of drug-likeness (QED) is 0.854. The molecule has 19 heavy (non-hydrogen) atoms. The molecule has 1 aliphatic carbocycles. The molecule has 1 aromatic carbocycles. The number of hydrogen-bond acceptors (Lipinski definition) is 2. The van der Waals surface area contributed by atoms with Crippen LogP contribution in [0.2, 0.25) is 0 Å². The molecule has 2 rings (SSSR count). The maximum Gasteiger partial charge on any atom is 0.251 e. The minimum Gasteiger partial charge on any atom is -0.347 e. The Morgan fingerprint density at radius 2 is 1.95 bits per heavy atom. The van der Waals surface area contributed by atoms with Gasteiger partial charge in [-0.2, -0.15) is 0 Å². The van der Waals surface area contributed by atoms with Gasteiger partial charge in [-0.25, -0.2) is 0 Å². The van der Waals surface area contributed by atoms with Crippen molar-refractivity contribution in [1.82, 2.24) is 10.6 Å². The first-order chi connectivity index (χ1) is 9.14. The van der Waals surface area contributed by atoms with Crippen LogP contribution < -0.4 is 10.6 Å². The Balaban J connectivity index is 2.09. The molecular weight excluding hydrogens is 236 g/mol. The number of carbonyl (C=O) groups excluding carboxylic acids is 1. The molecule has 0 radical (unpaired) electrons. The Morgan fingerprint density at radius 1 is 1.26 bits per heavy atom. The average Bonchev–Trinajstić information content (AvgIpc) is 2.83. The highest BCUT2D eigenvalue weighted by atomic mass is 16.1. The monoisotopic (exact) mass is 260 g/mol. The van der Waals surface area contributed by atoms with Crippen LogP contribution in [0.25, 0.3) is 0 Å². The second-order valence-corrected chi connectivity index (χ2v) is 5.73. The van der Waals surface area contributed by atoms with Crippen LogP contribution in [0.4, 0.5) is 0 Å². The molecule has 0 unspecified atom stereocenters. The number of benzene rings is 1. The number of nitrogens with one attached hydrogen (secondary N) is 2. The summed E-state index contributed by atoms with van der Waals surface area (Å²) in [5.41, 5.74) is 1.94. The van der Waals surface area contributed by atoms with Crippen LogP contribution in [-0.4, -0.2) is 25.0 Å². The number of carbonyl (C=O) groups is 1. The molecule has 0 spiro atoms. The smallest absolute Gasteiger partial charge is 0.251 e. The lowest BCUT2D eigenvalue weighted by Crippen LogP contribution is -2.43. The standard InChI is InChI=1S/C16H24N2O/c1-16(10-5-6-11-16)18-15(19)14-8-4-3-7-13(14)9-12-17-2/h3-4,7-8,17H,5-6,9-12H2,1-2H3,(H,18,19). The second kappa shape index (κ2) is 6.20. The molecule has 3 nitrogen and oxygen atoms in total. The zero-order valence-electron chi connectivity index (χ0n) is 12.0. The molecule has 0 saturated heterocycles. The first-order valence-electron chi connectivity index (χ1n) is 7.20. The highest BCUT2D eigenvalue weighted by molar-refractivity contribution is 5.96. The summed E-state index contributed by atoms with van der Waals surface area (Å²) in [6.07, 6.45) is 5.52. The zero-order valence-corrected chi connectivity index (χ0v) is 12.0. The highest BCUT2D eigenvalue weighted by Crippen LogP contribution is 2.29. The maximum atomic E-state index is 12.5. The molecule has 1 saturated carbocycles. The lowest BCUT2D eigenvalue weighted by atomic mass is 9.98. The normalized spacial score (nSPS) is 17.4. The van der Waals surface area contributed by atoms with Crippen LogP contribution >= 0.6 is 0 Å². The van der Waals surface area contributed by atoms with Crippen molar-refractivity contribution in [1.29, 1.82) is 0 Å². The summed E-state index contributed by atoms with van der Waals surface area (Å²) in [4.78, 5) is 12.5. The maximum absolute atomic E-state index is 12.5. The van der Waals surface area contributed by atoms with E-state index in [0.29, 0.717) is 0 Å². The van der Waals surface area contributed by atoms with E-state index < -0.39 is 0 Å². The van der Waals surface area contributed by atoms with Gasteiger partial charge in [-0.05, 0) is 51.4 Å². The molecule has 1 aromatic rings. The summed E-state index contributed by atoms with van der Waals surface area (Å²) < 4.78 is 0. The topological polar surface area (TPSA) is 41.1 Å². The van der Waals surface area contributed by atoms with Crippen LogP contribution in [-0.2, 0) is 6.42 Å². The van der Waals surface area contributed by atoms with Gasteiger partial charge in [0.05, 0.1) is 0 Å². The molecule has 2 N–H and O–H groups in total. The largest absolute Gasteiger partial charge is 0.347 e.